The Bertz CT molecular complexity index is 9720. The monoisotopic (exact) mass is 1890 g/mol. The summed E-state index contributed by atoms with van der Waals surface area (Å²) in [6.45, 7) is 14.0. The van der Waals surface area contributed by atoms with Gasteiger partial charge in [-0.2, -0.15) is 0 Å². The lowest BCUT2D eigenvalue weighted by Crippen LogP contribution is -2.16. The van der Waals surface area contributed by atoms with Gasteiger partial charge in [0.1, 0.15) is 22.8 Å². The van der Waals surface area contributed by atoms with Crippen LogP contribution in [0.2, 0.25) is 0 Å². The van der Waals surface area contributed by atoms with E-state index in [0.717, 1.165) is 117 Å². The maximum atomic E-state index is 14.0. The van der Waals surface area contributed by atoms with E-state index in [1.54, 1.807) is 0 Å². The lowest BCUT2D eigenvalue weighted by atomic mass is 9.82. The highest BCUT2D eigenvalue weighted by Crippen LogP contribution is 2.57. The fourth-order valence-corrected chi connectivity index (χ4v) is 25.1. The molecule has 0 unspecified atom stereocenters. The number of para-hydroxylation sites is 5. The van der Waals surface area contributed by atoms with Crippen LogP contribution in [-0.2, 0) is 16.2 Å². The molecule has 29 rings (SSSR count). The van der Waals surface area contributed by atoms with Crippen molar-refractivity contribution in [3.8, 4) is 61.6 Å². The summed E-state index contributed by atoms with van der Waals surface area (Å²) in [6.07, 6.45) is 0. The minimum atomic E-state index is -0.246. The first-order valence-electron chi connectivity index (χ1n) is 49.8. The van der Waals surface area contributed by atoms with Gasteiger partial charge in [0.05, 0.1) is 38.8 Å². The van der Waals surface area contributed by atoms with Crippen LogP contribution < -0.4 is 14.7 Å². The molecule has 0 aliphatic heterocycles. The van der Waals surface area contributed by atoms with Gasteiger partial charge >= 0.3 is 0 Å². The van der Waals surface area contributed by atoms with Crippen LogP contribution >= 0.6 is 11.3 Å². The van der Waals surface area contributed by atoms with Gasteiger partial charge < -0.3 is 32.8 Å². The number of halogens is 2. The number of fused-ring (bicyclic) bond motifs is 24. The number of anilines is 9. The Balaban J connectivity index is 0.000000108. The minimum absolute atomic E-state index is 0.0955. The summed E-state index contributed by atoms with van der Waals surface area (Å²) in [7, 11) is 0. The summed E-state index contributed by atoms with van der Waals surface area (Å²) >= 11 is 1.87. The summed E-state index contributed by atoms with van der Waals surface area (Å²) in [5.41, 5.74) is 39.5. The molecular weight excluding hydrogens is 1790 g/mol. The zero-order chi connectivity index (χ0) is 97.2. The molecule has 5 aromatic heterocycles. The van der Waals surface area contributed by atoms with Crippen LogP contribution in [0.5, 0.6) is 0 Å². The number of hydrogen-bond donors (Lipinski definition) is 0. The number of aromatic nitrogens is 3. The molecule has 3 aliphatic rings. The molecule has 0 amide bonds. The van der Waals surface area contributed by atoms with Crippen molar-refractivity contribution in [1.82, 2.24) is 13.7 Å². The maximum Gasteiger partial charge on any atom is 0.137 e. The van der Waals surface area contributed by atoms with Gasteiger partial charge in [0.2, 0.25) is 0 Å². The first kappa shape index (κ1) is 86.4. The smallest absolute Gasteiger partial charge is 0.137 e. The van der Waals surface area contributed by atoms with E-state index in [4.69, 9.17) is 4.42 Å². The lowest BCUT2D eigenvalue weighted by Gasteiger charge is -2.29. The predicted octanol–water partition coefficient (Wildman–Crippen LogP) is 37.9. The Hall–Kier alpha value is -17.7. The standard InChI is InChI=1S/C45H31FN2O.C45H33FN2.C45H32N2S/c1-45(2)39-12-6-3-9-33(39)34-22-19-31(26-40(34)45)47(32-20-23-37-36-11-5-8-14-43(36)49-44(37)27-32)30-21-24-42-38(25-30)35-10-4-7-13-41(35)48(42)29-17-15-28(46)16-18-29;1-45(2)41-14-8-6-12-37(41)38-26-24-36(29-42(38)45)47(33-20-16-31(17-21-33)30-10-4-3-5-11-30)35-25-27-44-40(28-35)39-13-7-9-15-43(39)48(44)34-22-18-32(46)19-23-34;1-45(2)37-18-9-6-15-32(37)33-25-23-31(28-38(33)45)46(41-20-12-22-43-44(41)35-17-8-11-21-42(35)48-43)30-24-26-40-36(27-30)34-16-7-10-19-39(34)47(40)29-13-4-3-5-14-29/h3-27H,1-2H3;3-29H,1-2H3;3-28H,1-2H3. The summed E-state index contributed by atoms with van der Waals surface area (Å²) in [5, 5.41) is 11.9. The van der Waals surface area contributed by atoms with Crippen LogP contribution in [0.15, 0.2) is 478 Å². The predicted molar refractivity (Wildman–Crippen MR) is 605 cm³/mol. The second kappa shape index (κ2) is 33.8. The van der Waals surface area contributed by atoms with E-state index >= 15 is 0 Å². The molecule has 0 spiro atoms. The Morgan fingerprint density at radius 2 is 0.538 bits per heavy atom. The molecule has 0 atom stereocenters. The van der Waals surface area contributed by atoms with E-state index in [1.807, 2.05) is 47.7 Å². The molecule has 0 radical (unpaired) electrons. The number of benzene rings is 21. The zero-order valence-electron chi connectivity index (χ0n) is 80.8. The van der Waals surface area contributed by atoms with E-state index in [1.165, 1.54) is 161 Å². The minimum Gasteiger partial charge on any atom is -0.456 e. The summed E-state index contributed by atoms with van der Waals surface area (Å²) in [4.78, 5) is 7.21. The van der Waals surface area contributed by atoms with Crippen LogP contribution in [0, 0.1) is 11.6 Å². The van der Waals surface area contributed by atoms with Crippen LogP contribution in [0.3, 0.4) is 0 Å². The molecular formula is C135H96F2N6OS. The van der Waals surface area contributed by atoms with Crippen LogP contribution in [0.1, 0.15) is 74.9 Å². The Morgan fingerprint density at radius 1 is 0.214 bits per heavy atom. The molecule has 692 valence electrons. The molecule has 7 nitrogen and oxygen atoms in total. The number of thiophene rings is 1. The van der Waals surface area contributed by atoms with Crippen molar-refractivity contribution in [3.63, 3.8) is 0 Å². The first-order valence-corrected chi connectivity index (χ1v) is 50.6. The molecule has 3 aliphatic carbocycles. The normalized spacial score (nSPS) is 13.3. The van der Waals surface area contributed by atoms with Crippen LogP contribution in [-0.4, -0.2) is 13.7 Å². The largest absolute Gasteiger partial charge is 0.456 e. The first-order chi connectivity index (χ1) is 71.0. The van der Waals surface area contributed by atoms with Crippen molar-refractivity contribution in [2.45, 2.75) is 57.8 Å². The maximum absolute atomic E-state index is 14.0. The van der Waals surface area contributed by atoms with E-state index < -0.39 is 0 Å². The average Bonchev–Trinajstić information content (AvgIpc) is 1.57. The van der Waals surface area contributed by atoms with E-state index in [9.17, 15) is 8.78 Å². The van der Waals surface area contributed by atoms with E-state index in [-0.39, 0.29) is 27.9 Å². The zero-order valence-corrected chi connectivity index (χ0v) is 81.6. The molecule has 5 heterocycles. The van der Waals surface area contributed by atoms with Gasteiger partial charge in [-0.1, -0.05) is 290 Å². The molecule has 0 bridgehead atoms. The quantitative estimate of drug-likeness (QED) is 0.115. The average molecular weight is 1890 g/mol. The highest BCUT2D eigenvalue weighted by molar-refractivity contribution is 7.26. The summed E-state index contributed by atoms with van der Waals surface area (Å²) in [5.74, 6) is -0.485. The van der Waals surface area contributed by atoms with E-state index in [2.05, 4.69) is 482 Å². The molecule has 0 fully saturated rings. The molecule has 21 aromatic carbocycles. The fourth-order valence-electron chi connectivity index (χ4n) is 23.9. The number of furan rings is 1. The molecule has 0 N–H and O–H groups in total. The molecule has 26 aromatic rings. The molecule has 0 saturated heterocycles. The van der Waals surface area contributed by atoms with Crippen molar-refractivity contribution >= 4 is 170 Å². The molecule has 10 heteroatoms. The van der Waals surface area contributed by atoms with Crippen LogP contribution in [0.4, 0.5) is 60.0 Å². The third kappa shape index (κ3) is 14.0. The summed E-state index contributed by atoms with van der Waals surface area (Å²) < 4.78 is 43.7. The SMILES string of the molecule is CC1(C)c2ccccc2-c2ccc(N(c3ccc(-c4ccccc4)cc3)c3ccc4c(c3)c3ccccc3n4-c3ccc(F)cc3)cc21.CC1(C)c2ccccc2-c2ccc(N(c3ccc4c(c3)c3ccccc3n4-c3ccccc3)c3cccc4sc5ccccc5c34)cc21.CC1(C)c2ccccc2-c2ccc(N(c3ccc4c(c3)oc3ccccc34)c3ccc4c(c3)c3ccccc3n4-c3ccc(F)cc3)cc21. The number of nitrogens with zero attached hydrogens (tertiary/aromatic N) is 6. The molecule has 0 saturated carbocycles. The molecule has 145 heavy (non-hydrogen) atoms. The van der Waals surface area contributed by atoms with Gasteiger partial charge in [0.25, 0.3) is 0 Å². The Kier molecular flexibility index (Phi) is 20.1. The Morgan fingerprint density at radius 3 is 1.02 bits per heavy atom. The van der Waals surface area contributed by atoms with Crippen molar-refractivity contribution in [2.75, 3.05) is 14.7 Å². The summed E-state index contributed by atoms with van der Waals surface area (Å²) in [6, 6.07) is 167. The highest BCUT2D eigenvalue weighted by Gasteiger charge is 2.40. The highest BCUT2D eigenvalue weighted by atomic mass is 32.1. The Labute approximate surface area is 843 Å². The van der Waals surface area contributed by atoms with Gasteiger partial charge in [0.15, 0.2) is 0 Å². The van der Waals surface area contributed by atoms with E-state index in [0.29, 0.717) is 0 Å². The van der Waals surface area contributed by atoms with Gasteiger partial charge in [0, 0.05) is 148 Å². The van der Waals surface area contributed by atoms with Crippen molar-refractivity contribution < 1.29 is 13.2 Å². The van der Waals surface area contributed by atoms with Crippen molar-refractivity contribution in [1.29, 1.82) is 0 Å². The van der Waals surface area contributed by atoms with Gasteiger partial charge in [-0.05, 0) is 296 Å². The van der Waals surface area contributed by atoms with Crippen molar-refractivity contribution in [3.05, 3.63) is 518 Å². The third-order valence-corrected chi connectivity index (χ3v) is 32.0. The van der Waals surface area contributed by atoms with Gasteiger partial charge in [-0.15, -0.1) is 11.3 Å². The second-order valence-electron chi connectivity index (χ2n) is 40.1. The topological polar surface area (TPSA) is 37.6 Å². The number of rotatable bonds is 13. The lowest BCUT2D eigenvalue weighted by molar-refractivity contribution is 0.627. The van der Waals surface area contributed by atoms with Crippen molar-refractivity contribution in [2.24, 2.45) is 0 Å². The fraction of sp³-hybridized carbons (Fsp3) is 0.0667. The number of hydrogen-bond acceptors (Lipinski definition) is 5. The van der Waals surface area contributed by atoms with Gasteiger partial charge in [-0.3, -0.25) is 0 Å². The third-order valence-electron chi connectivity index (χ3n) is 30.9. The second-order valence-corrected chi connectivity index (χ2v) is 41.2. The van der Waals surface area contributed by atoms with Crippen LogP contribution in [0.25, 0.3) is 169 Å². The van der Waals surface area contributed by atoms with Gasteiger partial charge in [-0.25, -0.2) is 8.78 Å².